The molecule has 0 radical (unpaired) electrons. The molecule has 0 aliphatic rings. The van der Waals surface area contributed by atoms with Crippen LogP contribution in [0, 0.1) is 0 Å². The third kappa shape index (κ3) is 6.66. The molecule has 0 saturated heterocycles. The normalized spacial score (nSPS) is 12.8. The van der Waals surface area contributed by atoms with Crippen LogP contribution in [0.2, 0.25) is 0 Å². The van der Waals surface area contributed by atoms with Crippen molar-refractivity contribution in [1.29, 1.82) is 0 Å². The summed E-state index contributed by atoms with van der Waals surface area (Å²) in [6, 6.07) is 6.40. The first kappa shape index (κ1) is 19.6. The van der Waals surface area contributed by atoms with Crippen LogP contribution in [-0.4, -0.2) is 47.3 Å². The molecular weight excluding hydrogens is 320 g/mol. The van der Waals surface area contributed by atoms with E-state index in [1.54, 1.807) is 19.1 Å². The van der Waals surface area contributed by atoms with Gasteiger partial charge in [-0.3, -0.25) is 4.79 Å². The summed E-state index contributed by atoms with van der Waals surface area (Å²) in [7, 11) is -2.14. The summed E-state index contributed by atoms with van der Waals surface area (Å²) in [5.74, 6) is -0.261. The molecule has 1 aromatic carbocycles. The third-order valence-corrected chi connectivity index (χ3v) is 4.53. The summed E-state index contributed by atoms with van der Waals surface area (Å²) in [6.07, 6.45) is -0.598. The fraction of sp³-hybridized carbons (Fsp3) is 0.533. The molecule has 23 heavy (non-hydrogen) atoms. The first-order chi connectivity index (χ1) is 10.9. The second-order valence-corrected chi connectivity index (χ2v) is 6.67. The van der Waals surface area contributed by atoms with Gasteiger partial charge in [0.1, 0.15) is 6.10 Å². The van der Waals surface area contributed by atoms with Crippen molar-refractivity contribution in [1.82, 2.24) is 10.0 Å². The lowest BCUT2D eigenvalue weighted by atomic mass is 10.2. The molecule has 0 spiro atoms. The molecule has 1 aromatic rings. The molecule has 7 nitrogen and oxygen atoms in total. The van der Waals surface area contributed by atoms with Crippen LogP contribution >= 0.6 is 0 Å². The van der Waals surface area contributed by atoms with E-state index < -0.39 is 16.1 Å². The average molecular weight is 344 g/mol. The number of sulfonamides is 1. The summed E-state index contributed by atoms with van der Waals surface area (Å²) < 4.78 is 36.2. The monoisotopic (exact) mass is 344 g/mol. The number of rotatable bonds is 10. The van der Waals surface area contributed by atoms with Crippen LogP contribution in [0.3, 0.4) is 0 Å². The minimum atomic E-state index is -3.49. The molecule has 2 N–H and O–H groups in total. The number of nitrogens with one attached hydrogen (secondary N) is 2. The fourth-order valence-corrected chi connectivity index (χ4v) is 2.58. The van der Waals surface area contributed by atoms with Gasteiger partial charge in [-0.15, -0.1) is 0 Å². The predicted octanol–water partition coefficient (Wildman–Crippen LogP) is 0.653. The highest BCUT2D eigenvalue weighted by Crippen LogP contribution is 2.11. The van der Waals surface area contributed by atoms with Crippen molar-refractivity contribution in [2.45, 2.75) is 31.4 Å². The van der Waals surface area contributed by atoms with Gasteiger partial charge in [0.15, 0.2) is 0 Å². The van der Waals surface area contributed by atoms with E-state index in [0.717, 1.165) is 0 Å². The largest absolute Gasteiger partial charge is 0.379 e. The Morgan fingerprint density at radius 3 is 2.70 bits per heavy atom. The van der Waals surface area contributed by atoms with Gasteiger partial charge in [-0.1, -0.05) is 12.1 Å². The Balaban J connectivity index is 2.51. The Morgan fingerprint density at radius 1 is 1.30 bits per heavy atom. The van der Waals surface area contributed by atoms with Gasteiger partial charge >= 0.3 is 0 Å². The smallest absolute Gasteiger partial charge is 0.249 e. The zero-order chi connectivity index (χ0) is 17.3. The first-order valence-corrected chi connectivity index (χ1v) is 8.88. The summed E-state index contributed by atoms with van der Waals surface area (Å²) >= 11 is 0. The Kier molecular flexibility index (Phi) is 8.18. The van der Waals surface area contributed by atoms with Gasteiger partial charge < -0.3 is 14.8 Å². The van der Waals surface area contributed by atoms with Gasteiger partial charge in [0.05, 0.1) is 18.1 Å². The number of carbonyl (C=O) groups is 1. The van der Waals surface area contributed by atoms with Crippen molar-refractivity contribution in [2.75, 3.05) is 26.9 Å². The summed E-state index contributed by atoms with van der Waals surface area (Å²) in [5.41, 5.74) is 0.691. The summed E-state index contributed by atoms with van der Waals surface area (Å²) in [6.45, 7) is 5.17. The number of benzene rings is 1. The Bertz CT molecular complexity index is 604. The maximum atomic E-state index is 11.9. The Morgan fingerprint density at radius 2 is 2.04 bits per heavy atom. The molecule has 0 aromatic heterocycles. The van der Waals surface area contributed by atoms with Crippen molar-refractivity contribution in [3.63, 3.8) is 0 Å². The molecule has 1 rings (SSSR count). The van der Waals surface area contributed by atoms with Crippen molar-refractivity contribution in [3.05, 3.63) is 29.8 Å². The van der Waals surface area contributed by atoms with Crippen LogP contribution in [0.4, 0.5) is 0 Å². The molecule has 130 valence electrons. The molecule has 0 bridgehead atoms. The molecule has 8 heteroatoms. The van der Waals surface area contributed by atoms with E-state index in [9.17, 15) is 13.2 Å². The van der Waals surface area contributed by atoms with Gasteiger partial charge in [0.25, 0.3) is 0 Å². The molecule has 0 heterocycles. The summed E-state index contributed by atoms with van der Waals surface area (Å²) in [4.78, 5) is 12.1. The van der Waals surface area contributed by atoms with Gasteiger partial charge in [-0.05, 0) is 38.6 Å². The van der Waals surface area contributed by atoms with E-state index >= 15 is 0 Å². The topological polar surface area (TPSA) is 93.7 Å². The maximum absolute atomic E-state index is 11.9. The van der Waals surface area contributed by atoms with Crippen LogP contribution in [0.15, 0.2) is 29.2 Å². The SMILES string of the molecule is CCOCCOC(C)C(=O)NCc1cccc(S(=O)(=O)NC)c1. The Hall–Kier alpha value is -1.48. The average Bonchev–Trinajstić information content (AvgIpc) is 2.56. The number of hydrogen-bond donors (Lipinski definition) is 2. The van der Waals surface area contributed by atoms with Gasteiger partial charge in [-0.2, -0.15) is 0 Å². The van der Waals surface area contributed by atoms with Gasteiger partial charge in [-0.25, -0.2) is 13.1 Å². The predicted molar refractivity (Wildman–Crippen MR) is 86.4 cm³/mol. The van der Waals surface area contributed by atoms with E-state index in [1.807, 2.05) is 6.92 Å². The lowest BCUT2D eigenvalue weighted by molar-refractivity contribution is -0.132. The van der Waals surface area contributed by atoms with E-state index in [4.69, 9.17) is 9.47 Å². The summed E-state index contributed by atoms with van der Waals surface area (Å²) in [5, 5.41) is 2.72. The molecular formula is C15H24N2O5S. The minimum Gasteiger partial charge on any atom is -0.379 e. The highest BCUT2D eigenvalue weighted by Gasteiger charge is 2.14. The second-order valence-electron chi connectivity index (χ2n) is 4.78. The molecule has 1 amide bonds. The first-order valence-electron chi connectivity index (χ1n) is 7.40. The van der Waals surface area contributed by atoms with Crippen molar-refractivity contribution in [2.24, 2.45) is 0 Å². The lowest BCUT2D eigenvalue weighted by Gasteiger charge is -2.13. The quantitative estimate of drug-likeness (QED) is 0.608. The van der Waals surface area contributed by atoms with E-state index in [0.29, 0.717) is 25.4 Å². The van der Waals surface area contributed by atoms with E-state index in [-0.39, 0.29) is 17.3 Å². The van der Waals surface area contributed by atoms with Crippen LogP contribution in [0.1, 0.15) is 19.4 Å². The van der Waals surface area contributed by atoms with E-state index in [2.05, 4.69) is 10.0 Å². The van der Waals surface area contributed by atoms with Crippen molar-refractivity contribution in [3.8, 4) is 0 Å². The highest BCUT2D eigenvalue weighted by molar-refractivity contribution is 7.89. The number of hydrogen-bond acceptors (Lipinski definition) is 5. The van der Waals surface area contributed by atoms with Gasteiger partial charge in [0, 0.05) is 13.2 Å². The molecule has 0 saturated carbocycles. The number of carbonyl (C=O) groups excluding carboxylic acids is 1. The van der Waals surface area contributed by atoms with Crippen LogP contribution in [0.25, 0.3) is 0 Å². The third-order valence-electron chi connectivity index (χ3n) is 3.11. The Labute approximate surface area is 137 Å². The zero-order valence-corrected chi connectivity index (χ0v) is 14.5. The maximum Gasteiger partial charge on any atom is 0.249 e. The van der Waals surface area contributed by atoms with Crippen molar-refractivity contribution >= 4 is 15.9 Å². The highest BCUT2D eigenvalue weighted by atomic mass is 32.2. The van der Waals surface area contributed by atoms with Crippen LogP contribution < -0.4 is 10.0 Å². The molecule has 0 aliphatic heterocycles. The standard InChI is InChI=1S/C15H24N2O5S/c1-4-21-8-9-22-12(2)15(18)17-11-13-6-5-7-14(10-13)23(19,20)16-3/h5-7,10,12,16H,4,8-9,11H2,1-3H3,(H,17,18). The lowest BCUT2D eigenvalue weighted by Crippen LogP contribution is -2.34. The molecule has 1 unspecified atom stereocenters. The minimum absolute atomic E-state index is 0.160. The molecule has 1 atom stereocenters. The number of amides is 1. The number of ether oxygens (including phenoxy) is 2. The zero-order valence-electron chi connectivity index (χ0n) is 13.7. The van der Waals surface area contributed by atoms with Crippen LogP contribution in [-0.2, 0) is 30.8 Å². The second kappa shape index (κ2) is 9.61. The fourth-order valence-electron chi connectivity index (χ4n) is 1.78. The molecule has 0 fully saturated rings. The molecule has 0 aliphatic carbocycles. The van der Waals surface area contributed by atoms with Gasteiger partial charge in [0.2, 0.25) is 15.9 Å². The van der Waals surface area contributed by atoms with Crippen molar-refractivity contribution < 1.29 is 22.7 Å². The van der Waals surface area contributed by atoms with Crippen LogP contribution in [0.5, 0.6) is 0 Å². The van der Waals surface area contributed by atoms with E-state index in [1.165, 1.54) is 19.2 Å².